The van der Waals surface area contributed by atoms with E-state index in [-0.39, 0.29) is 5.91 Å². The van der Waals surface area contributed by atoms with Crippen LogP contribution < -0.4 is 0 Å². The van der Waals surface area contributed by atoms with Crippen molar-refractivity contribution in [1.82, 2.24) is 34.9 Å². The van der Waals surface area contributed by atoms with E-state index in [4.69, 9.17) is 0 Å². The molecule has 1 amide bonds. The molecule has 0 unspecified atom stereocenters. The highest BCUT2D eigenvalue weighted by Gasteiger charge is 2.21. The van der Waals surface area contributed by atoms with E-state index < -0.39 is 0 Å². The van der Waals surface area contributed by atoms with Crippen molar-refractivity contribution in [2.45, 2.75) is 26.4 Å². The Balaban J connectivity index is 1.46. The first kappa shape index (κ1) is 18.5. The minimum absolute atomic E-state index is 0.192. The van der Waals surface area contributed by atoms with Gasteiger partial charge in [0.15, 0.2) is 5.82 Å². The van der Waals surface area contributed by atoms with Crippen LogP contribution >= 0.6 is 0 Å². The van der Waals surface area contributed by atoms with Crippen molar-refractivity contribution < 1.29 is 4.79 Å². The molecule has 140 valence electrons. The molecule has 8 nitrogen and oxygen atoms in total. The molecule has 2 aromatic heterocycles. The van der Waals surface area contributed by atoms with Crippen molar-refractivity contribution in [3.05, 3.63) is 41.7 Å². The third-order valence-electron chi connectivity index (χ3n) is 4.56. The lowest BCUT2D eigenvalue weighted by atomic mass is 10.2. The molecule has 1 aliphatic rings. The average Bonchev–Trinajstić information content (AvgIpc) is 2.88. The van der Waals surface area contributed by atoms with Crippen molar-refractivity contribution in [2.24, 2.45) is 0 Å². The number of aromatic nitrogens is 4. The van der Waals surface area contributed by atoms with Gasteiger partial charge in [0.05, 0.1) is 13.1 Å². The maximum absolute atomic E-state index is 12.6. The zero-order chi connectivity index (χ0) is 18.4. The van der Waals surface area contributed by atoms with Crippen LogP contribution in [0.25, 0.3) is 0 Å². The predicted molar refractivity (Wildman–Crippen MR) is 98.2 cm³/mol. The molecule has 1 aliphatic heterocycles. The maximum atomic E-state index is 12.6. The molecule has 2 aromatic rings. The third-order valence-corrected chi connectivity index (χ3v) is 4.56. The molecule has 0 bridgehead atoms. The summed E-state index contributed by atoms with van der Waals surface area (Å²) in [5.74, 6) is 1.85. The van der Waals surface area contributed by atoms with E-state index in [1.54, 1.807) is 12.4 Å². The Labute approximate surface area is 154 Å². The highest BCUT2D eigenvalue weighted by Crippen LogP contribution is 2.08. The first-order chi connectivity index (χ1) is 12.6. The summed E-state index contributed by atoms with van der Waals surface area (Å²) in [4.78, 5) is 27.4. The zero-order valence-corrected chi connectivity index (χ0v) is 15.6. The molecule has 0 saturated carbocycles. The molecule has 26 heavy (non-hydrogen) atoms. The Morgan fingerprint density at radius 2 is 2.04 bits per heavy atom. The molecule has 3 heterocycles. The van der Waals surface area contributed by atoms with Crippen LogP contribution in [0.3, 0.4) is 0 Å². The van der Waals surface area contributed by atoms with Crippen molar-refractivity contribution in [3.63, 3.8) is 0 Å². The Bertz CT molecular complexity index is 703. The number of hydrogen-bond donors (Lipinski definition) is 1. The Hall–Kier alpha value is -2.32. The van der Waals surface area contributed by atoms with Crippen LogP contribution in [0.2, 0.25) is 0 Å². The maximum Gasteiger partial charge on any atom is 0.236 e. The number of nitrogens with one attached hydrogen (secondary N) is 1. The van der Waals surface area contributed by atoms with E-state index in [9.17, 15) is 4.79 Å². The molecule has 1 N–H and O–H groups in total. The number of aromatic amines is 1. The number of hydrogen-bond acceptors (Lipinski definition) is 6. The van der Waals surface area contributed by atoms with Crippen LogP contribution in [0.5, 0.6) is 0 Å². The number of pyridine rings is 1. The van der Waals surface area contributed by atoms with Crippen LogP contribution in [-0.4, -0.2) is 80.5 Å². The van der Waals surface area contributed by atoms with Gasteiger partial charge in [-0.25, -0.2) is 4.98 Å². The van der Waals surface area contributed by atoms with Crippen molar-refractivity contribution in [3.8, 4) is 0 Å². The first-order valence-electron chi connectivity index (χ1n) is 9.05. The minimum Gasteiger partial charge on any atom is -0.340 e. The number of H-pyrrole nitrogens is 1. The number of rotatable bonds is 6. The molecule has 8 heteroatoms. The molecule has 0 spiro atoms. The minimum atomic E-state index is 0.192. The average molecular weight is 357 g/mol. The second-order valence-electron chi connectivity index (χ2n) is 6.88. The van der Waals surface area contributed by atoms with Gasteiger partial charge >= 0.3 is 0 Å². The molecule has 1 saturated heterocycles. The smallest absolute Gasteiger partial charge is 0.236 e. The molecule has 0 atom stereocenters. The van der Waals surface area contributed by atoms with Gasteiger partial charge in [0.25, 0.3) is 0 Å². The van der Waals surface area contributed by atoms with E-state index in [0.29, 0.717) is 6.54 Å². The number of nitrogens with zero attached hydrogens (tertiary/aromatic N) is 6. The fraction of sp³-hybridized carbons (Fsp3) is 0.556. The van der Waals surface area contributed by atoms with E-state index in [0.717, 1.165) is 57.3 Å². The van der Waals surface area contributed by atoms with Crippen molar-refractivity contribution in [2.75, 3.05) is 39.8 Å². The van der Waals surface area contributed by atoms with E-state index in [1.165, 1.54) is 5.56 Å². The Kier molecular flexibility index (Phi) is 6.30. The van der Waals surface area contributed by atoms with Gasteiger partial charge in [-0.1, -0.05) is 0 Å². The topological polar surface area (TPSA) is 81.2 Å². The van der Waals surface area contributed by atoms with Crippen molar-refractivity contribution in [1.29, 1.82) is 0 Å². The molecule has 0 aromatic carbocycles. The molecule has 1 fully saturated rings. The number of carbonyl (C=O) groups excluding carboxylic acids is 1. The highest BCUT2D eigenvalue weighted by atomic mass is 16.2. The monoisotopic (exact) mass is 357 g/mol. The van der Waals surface area contributed by atoms with Crippen LogP contribution in [0.15, 0.2) is 24.5 Å². The van der Waals surface area contributed by atoms with Crippen LogP contribution in [0.1, 0.15) is 23.6 Å². The quantitative estimate of drug-likeness (QED) is 0.819. The molecule has 3 rings (SSSR count). The van der Waals surface area contributed by atoms with Gasteiger partial charge in [0.1, 0.15) is 5.82 Å². The highest BCUT2D eigenvalue weighted by molar-refractivity contribution is 5.78. The summed E-state index contributed by atoms with van der Waals surface area (Å²) in [6, 6.07) is 3.96. The predicted octanol–water partition coefficient (Wildman–Crippen LogP) is 0.674. The summed E-state index contributed by atoms with van der Waals surface area (Å²) in [6.45, 7) is 7.20. The standard InChI is InChI=1S/C18H27N7O/c1-15-20-17(22-21-15)13-24-8-3-9-25(11-10-24)18(26)14-23(2)12-16-4-6-19-7-5-16/h4-7H,3,8-14H2,1-2H3,(H,20,21,22). The van der Waals surface area contributed by atoms with Crippen LogP contribution in [0, 0.1) is 6.92 Å². The summed E-state index contributed by atoms with van der Waals surface area (Å²) in [6.07, 6.45) is 4.54. The summed E-state index contributed by atoms with van der Waals surface area (Å²) in [5, 5.41) is 7.09. The lowest BCUT2D eigenvalue weighted by Gasteiger charge is -2.24. The second-order valence-corrected chi connectivity index (χ2v) is 6.88. The number of aryl methyl sites for hydroxylation is 1. The first-order valence-corrected chi connectivity index (χ1v) is 9.05. The Morgan fingerprint density at radius 3 is 2.77 bits per heavy atom. The van der Waals surface area contributed by atoms with E-state index in [1.807, 2.05) is 31.0 Å². The van der Waals surface area contributed by atoms with Gasteiger partial charge in [-0.15, -0.1) is 0 Å². The van der Waals surface area contributed by atoms with E-state index >= 15 is 0 Å². The van der Waals surface area contributed by atoms with E-state index in [2.05, 4.69) is 30.0 Å². The fourth-order valence-electron chi connectivity index (χ4n) is 3.22. The number of likely N-dealkylation sites (N-methyl/N-ethyl adjacent to an activating group) is 1. The Morgan fingerprint density at radius 1 is 1.23 bits per heavy atom. The summed E-state index contributed by atoms with van der Waals surface area (Å²) < 4.78 is 0. The molecular formula is C18H27N7O. The number of amides is 1. The van der Waals surface area contributed by atoms with Gasteiger partial charge < -0.3 is 4.90 Å². The summed E-state index contributed by atoms with van der Waals surface area (Å²) in [5.41, 5.74) is 1.17. The van der Waals surface area contributed by atoms with Crippen LogP contribution in [0.4, 0.5) is 0 Å². The zero-order valence-electron chi connectivity index (χ0n) is 15.6. The third kappa shape index (κ3) is 5.34. The molecule has 0 radical (unpaired) electrons. The van der Waals surface area contributed by atoms with Gasteiger partial charge in [0, 0.05) is 45.1 Å². The molecular weight excluding hydrogens is 330 g/mol. The normalized spacial score (nSPS) is 16.0. The second kappa shape index (κ2) is 8.86. The summed E-state index contributed by atoms with van der Waals surface area (Å²) in [7, 11) is 1.98. The number of carbonyl (C=O) groups is 1. The van der Waals surface area contributed by atoms with Gasteiger partial charge in [-0.3, -0.25) is 24.7 Å². The molecule has 0 aliphatic carbocycles. The lowest BCUT2D eigenvalue weighted by molar-refractivity contribution is -0.132. The summed E-state index contributed by atoms with van der Waals surface area (Å²) >= 11 is 0. The fourth-order valence-corrected chi connectivity index (χ4v) is 3.22. The van der Waals surface area contributed by atoms with Gasteiger partial charge in [-0.2, -0.15) is 5.10 Å². The lowest BCUT2D eigenvalue weighted by Crippen LogP contribution is -2.40. The van der Waals surface area contributed by atoms with Gasteiger partial charge in [0.2, 0.25) is 5.91 Å². The largest absolute Gasteiger partial charge is 0.340 e. The van der Waals surface area contributed by atoms with Crippen LogP contribution in [-0.2, 0) is 17.9 Å². The SMILES string of the molecule is Cc1nc(CN2CCCN(C(=O)CN(C)Cc3ccncc3)CC2)n[nH]1. The van der Waals surface area contributed by atoms with Gasteiger partial charge in [-0.05, 0) is 38.1 Å². The van der Waals surface area contributed by atoms with Crippen molar-refractivity contribution >= 4 is 5.91 Å².